The molecule has 6 heteroatoms. The molecule has 0 saturated heterocycles. The molecule has 10 heavy (non-hydrogen) atoms. The molecule has 0 aromatic rings. The van der Waals surface area contributed by atoms with Gasteiger partial charge in [0.25, 0.3) is 0 Å². The van der Waals surface area contributed by atoms with Gasteiger partial charge >= 0.3 is 63.3 Å². The fourth-order valence-corrected chi connectivity index (χ4v) is 0.143. The zero-order valence-corrected chi connectivity index (χ0v) is 5.84. The molecule has 0 rings (SSSR count). The molecule has 0 amide bonds. The van der Waals surface area contributed by atoms with Crippen LogP contribution < -0.4 is 0 Å². The Labute approximate surface area is 113 Å². The van der Waals surface area contributed by atoms with E-state index in [0.29, 0.717) is 12.2 Å². The first-order chi connectivity index (χ1) is 3.63. The maximum absolute atomic E-state index is 9.55. The molecule has 0 atom stereocenters. The minimum absolute atomic E-state index is 0. The molecule has 0 aliphatic heterocycles. The molecule has 0 heterocycles. The Morgan fingerprint density at radius 3 is 1.30 bits per heavy atom. The summed E-state index contributed by atoms with van der Waals surface area (Å²) >= 11 is 0. The summed E-state index contributed by atoms with van der Waals surface area (Å²) in [6.07, 6.45) is 1.12. The number of aliphatic carboxylic acids is 2. The number of carboxylic acids is 2. The van der Waals surface area contributed by atoms with Crippen molar-refractivity contribution in [2.75, 3.05) is 0 Å². The van der Waals surface area contributed by atoms with Gasteiger partial charge in [-0.05, 0) is 0 Å². The number of hydrogen-bond donors (Lipinski definition) is 2. The molecule has 0 fully saturated rings. The predicted octanol–water partition coefficient (Wildman–Crippen LogP) is -0.939. The molecule has 55 valence electrons. The third-order valence-electron chi connectivity index (χ3n) is 0.368. The third-order valence-corrected chi connectivity index (χ3v) is 0.368. The average Bonchev–Trinajstić information content (AvgIpc) is 1.61. The summed E-state index contributed by atoms with van der Waals surface area (Å²) in [5.74, 6) is -2.51. The second-order valence-electron chi connectivity index (χ2n) is 1.01. The van der Waals surface area contributed by atoms with Gasteiger partial charge in [-0.15, -0.1) is 0 Å². The van der Waals surface area contributed by atoms with Gasteiger partial charge in [-0.2, -0.15) is 0 Å². The molecule has 2 N–H and O–H groups in total. The van der Waals surface area contributed by atoms with Gasteiger partial charge < -0.3 is 10.2 Å². The number of carboxylic acid groups (broad SMARTS) is 2. The molecule has 4 nitrogen and oxygen atoms in total. The van der Waals surface area contributed by atoms with E-state index in [1.807, 2.05) is 0 Å². The van der Waals surface area contributed by atoms with Crippen LogP contribution in [-0.4, -0.2) is 73.5 Å². The van der Waals surface area contributed by atoms with Crippen molar-refractivity contribution in [3.05, 3.63) is 12.2 Å². The van der Waals surface area contributed by atoms with E-state index >= 15 is 0 Å². The van der Waals surface area contributed by atoms with Gasteiger partial charge in [0, 0.05) is 31.6 Å². The molecule has 0 unspecified atom stereocenters. The first-order valence-corrected chi connectivity index (χ1v) is 1.77. The zero-order chi connectivity index (χ0) is 6.57. The van der Waals surface area contributed by atoms with Crippen molar-refractivity contribution >= 4 is 63.3 Å². The minimum atomic E-state index is -1.26. The quantitative estimate of drug-likeness (QED) is 0.496. The molecule has 0 bridgehead atoms. The van der Waals surface area contributed by atoms with E-state index in [1.165, 1.54) is 0 Å². The topological polar surface area (TPSA) is 74.6 Å². The Kier molecular flexibility index (Phi) is 17.0. The Morgan fingerprint density at radius 2 is 1.20 bits per heavy atom. The van der Waals surface area contributed by atoms with E-state index in [9.17, 15) is 9.59 Å². The summed E-state index contributed by atoms with van der Waals surface area (Å²) in [5.41, 5.74) is 0. The van der Waals surface area contributed by atoms with Crippen LogP contribution in [0.3, 0.4) is 0 Å². The Bertz CT molecular complexity index is 128. The van der Waals surface area contributed by atoms with Crippen molar-refractivity contribution < 1.29 is 39.3 Å². The Morgan fingerprint density at radius 1 is 1.00 bits per heavy atom. The molecule has 0 spiro atoms. The van der Waals surface area contributed by atoms with Crippen LogP contribution in [0.25, 0.3) is 0 Å². The van der Waals surface area contributed by atoms with Crippen LogP contribution in [0.1, 0.15) is 0 Å². The van der Waals surface area contributed by atoms with E-state index in [1.54, 1.807) is 0 Å². The molecular weight excluding hydrogens is 254 g/mol. The zero-order valence-electron chi connectivity index (χ0n) is 4.20. The second kappa shape index (κ2) is 9.94. The van der Waals surface area contributed by atoms with E-state index < -0.39 is 11.9 Å². The molecule has 0 aromatic carbocycles. The fourth-order valence-electron chi connectivity index (χ4n) is 0.143. The van der Waals surface area contributed by atoms with Gasteiger partial charge in [-0.25, -0.2) is 9.59 Å². The number of carbonyl (C=O) groups is 2. The molecular formula is C4H5KO4Rh. The first kappa shape index (κ1) is 17.1. The summed E-state index contributed by atoms with van der Waals surface area (Å²) in [7, 11) is 0. The molecule has 0 aromatic heterocycles. The maximum atomic E-state index is 9.55. The van der Waals surface area contributed by atoms with Crippen molar-refractivity contribution in [2.45, 2.75) is 0 Å². The molecule has 0 saturated carbocycles. The second-order valence-corrected chi connectivity index (χ2v) is 1.01. The van der Waals surface area contributed by atoms with E-state index in [-0.39, 0.29) is 70.9 Å². The van der Waals surface area contributed by atoms with Gasteiger partial charge in [0.05, 0.1) is 0 Å². The predicted molar refractivity (Wildman–Crippen MR) is 31.6 cm³/mol. The number of rotatable bonds is 2. The largest absolute Gasteiger partial charge is 0 e. The molecule has 0 aliphatic rings. The van der Waals surface area contributed by atoms with E-state index in [4.69, 9.17) is 10.2 Å². The Hall–Kier alpha value is 0.940. The normalized spacial score (nSPS) is 7.60. The molecule has 0 aliphatic carbocycles. The van der Waals surface area contributed by atoms with Crippen LogP contribution in [0.15, 0.2) is 12.2 Å². The van der Waals surface area contributed by atoms with Gasteiger partial charge in [0.2, 0.25) is 0 Å². The number of hydrogen-bond acceptors (Lipinski definition) is 2. The van der Waals surface area contributed by atoms with Crippen LogP contribution in [0, 0.1) is 0 Å². The Balaban J connectivity index is -0.000000245. The van der Waals surface area contributed by atoms with Crippen LogP contribution in [0.5, 0.6) is 0 Å². The summed E-state index contributed by atoms with van der Waals surface area (Å²) in [6.45, 7) is 0. The van der Waals surface area contributed by atoms with Crippen molar-refractivity contribution in [3.8, 4) is 0 Å². The van der Waals surface area contributed by atoms with Crippen molar-refractivity contribution in [1.82, 2.24) is 0 Å². The van der Waals surface area contributed by atoms with E-state index in [2.05, 4.69) is 0 Å². The van der Waals surface area contributed by atoms with Crippen molar-refractivity contribution in [3.63, 3.8) is 0 Å². The minimum Gasteiger partial charge on any atom is 0 e. The fraction of sp³-hybridized carbons (Fsp3) is 0. The van der Waals surface area contributed by atoms with Gasteiger partial charge in [-0.3, -0.25) is 0 Å². The van der Waals surface area contributed by atoms with Gasteiger partial charge in [0.1, 0.15) is 0 Å². The third kappa shape index (κ3) is 16.0. The van der Waals surface area contributed by atoms with Crippen molar-refractivity contribution in [1.29, 1.82) is 0 Å². The molecule has 1 radical (unpaired) electrons. The van der Waals surface area contributed by atoms with Crippen LogP contribution in [-0.2, 0) is 29.1 Å². The summed E-state index contributed by atoms with van der Waals surface area (Å²) < 4.78 is 0. The van der Waals surface area contributed by atoms with Gasteiger partial charge in [0.15, 0.2) is 0 Å². The van der Waals surface area contributed by atoms with Crippen LogP contribution >= 0.6 is 0 Å². The van der Waals surface area contributed by atoms with Gasteiger partial charge in [-0.1, -0.05) is 0 Å². The average molecular weight is 259 g/mol. The van der Waals surface area contributed by atoms with Crippen molar-refractivity contribution in [2.24, 2.45) is 0 Å². The smallest absolute Gasteiger partial charge is 0 e. The summed E-state index contributed by atoms with van der Waals surface area (Å²) in [5, 5.41) is 15.6. The summed E-state index contributed by atoms with van der Waals surface area (Å²) in [6, 6.07) is 0. The first-order valence-electron chi connectivity index (χ1n) is 1.77. The monoisotopic (exact) mass is 259 g/mol. The van der Waals surface area contributed by atoms with Crippen LogP contribution in [0.4, 0.5) is 0 Å². The summed E-state index contributed by atoms with van der Waals surface area (Å²) in [4.78, 5) is 19.1. The maximum Gasteiger partial charge on any atom is 0 e. The standard InChI is InChI=1S/C4H4O4.K.Rh.H/c5-3(6)1-2-4(7)8;;;/h1-2H,(H,5,6)(H,7,8);;;. The SMILES string of the molecule is O=C(O)C=CC(=O)O.[KH].[Rh]. The van der Waals surface area contributed by atoms with Crippen LogP contribution in [0.2, 0.25) is 0 Å². The van der Waals surface area contributed by atoms with E-state index in [0.717, 1.165) is 0 Å².